The first-order valence-electron chi connectivity index (χ1n) is 11.0. The molecule has 1 aliphatic rings. The fraction of sp³-hybridized carbons (Fsp3) is 0.154. The molecule has 0 saturated carbocycles. The molecule has 0 atom stereocenters. The van der Waals surface area contributed by atoms with Crippen molar-refractivity contribution < 1.29 is 14.3 Å². The molecule has 0 radical (unpaired) electrons. The van der Waals surface area contributed by atoms with E-state index in [0.717, 1.165) is 5.56 Å². The van der Waals surface area contributed by atoms with Crippen LogP contribution < -0.4 is 14.8 Å². The number of rotatable bonds is 3. The van der Waals surface area contributed by atoms with Crippen molar-refractivity contribution in [1.82, 2.24) is 19.7 Å². The van der Waals surface area contributed by atoms with Crippen LogP contribution in [0.5, 0.6) is 11.5 Å². The normalized spacial score (nSPS) is 14.4. The third-order valence-corrected chi connectivity index (χ3v) is 5.29. The Morgan fingerprint density at radius 2 is 1.94 bits per heavy atom. The third-order valence-electron chi connectivity index (χ3n) is 5.29. The molecule has 4 aromatic rings. The van der Waals surface area contributed by atoms with E-state index in [1.807, 2.05) is 65.3 Å². The minimum Gasteiger partial charge on any atom is -0.492 e. The summed E-state index contributed by atoms with van der Waals surface area (Å²) in [4.78, 5) is 17.8. The van der Waals surface area contributed by atoms with Gasteiger partial charge >= 0.3 is 0 Å². The van der Waals surface area contributed by atoms with Crippen molar-refractivity contribution in [2.75, 3.05) is 11.9 Å². The van der Waals surface area contributed by atoms with E-state index in [1.165, 1.54) is 0 Å². The van der Waals surface area contributed by atoms with Gasteiger partial charge in [-0.2, -0.15) is 0 Å². The number of nitrogens with zero attached hydrogens (tertiary/aromatic N) is 4. The summed E-state index contributed by atoms with van der Waals surface area (Å²) >= 11 is 0. The van der Waals surface area contributed by atoms with E-state index in [0.29, 0.717) is 60.6 Å². The molecular weight excluding hydrogens is 430 g/mol. The zero-order valence-electron chi connectivity index (χ0n) is 18.4. The Balaban J connectivity index is 1.44. The maximum absolute atomic E-state index is 13.2. The molecule has 34 heavy (non-hydrogen) atoms. The van der Waals surface area contributed by atoms with Gasteiger partial charge in [0.1, 0.15) is 35.9 Å². The number of nitrogens with one attached hydrogen (secondary N) is 1. The summed E-state index contributed by atoms with van der Waals surface area (Å²) < 4.78 is 13.8. The van der Waals surface area contributed by atoms with Crippen LogP contribution in [0, 0.1) is 0 Å². The van der Waals surface area contributed by atoms with Crippen LogP contribution in [-0.2, 0) is 13.2 Å². The number of hydrogen-bond donors (Lipinski definition) is 1. The van der Waals surface area contributed by atoms with Crippen molar-refractivity contribution in [2.24, 2.45) is 0 Å². The van der Waals surface area contributed by atoms with E-state index in [9.17, 15) is 4.79 Å². The second-order valence-electron chi connectivity index (χ2n) is 7.71. The number of allylic oxidation sites excluding steroid dienone is 1. The maximum Gasteiger partial charge on any atom is 0.260 e. The topological polar surface area (TPSA) is 91.2 Å². The lowest BCUT2D eigenvalue weighted by Gasteiger charge is -2.14. The van der Waals surface area contributed by atoms with Crippen molar-refractivity contribution in [1.29, 1.82) is 0 Å². The molecule has 1 amide bonds. The molecule has 1 N–H and O–H groups in total. The zero-order valence-corrected chi connectivity index (χ0v) is 18.4. The average Bonchev–Trinajstić information content (AvgIpc) is 3.34. The first-order valence-corrected chi connectivity index (χ1v) is 11.0. The molecule has 2 aromatic heterocycles. The van der Waals surface area contributed by atoms with Gasteiger partial charge in [-0.05, 0) is 42.3 Å². The number of hydrogen-bond acceptors (Lipinski definition) is 6. The number of ether oxygens (including phenoxy) is 2. The smallest absolute Gasteiger partial charge is 0.260 e. The van der Waals surface area contributed by atoms with Crippen molar-refractivity contribution in [3.63, 3.8) is 0 Å². The number of anilines is 1. The number of carbonyl (C=O) groups excluding carboxylic acids is 1. The molecule has 0 spiro atoms. The summed E-state index contributed by atoms with van der Waals surface area (Å²) in [6, 6.07) is 20.5. The predicted octanol–water partition coefficient (Wildman–Crippen LogP) is 4.51. The highest BCUT2D eigenvalue weighted by atomic mass is 16.5. The number of aromatic nitrogens is 4. The first-order chi connectivity index (χ1) is 16.8. The van der Waals surface area contributed by atoms with Gasteiger partial charge in [0.15, 0.2) is 5.82 Å². The highest BCUT2D eigenvalue weighted by Gasteiger charge is 2.17. The first kappa shape index (κ1) is 21.4. The molecule has 8 heteroatoms. The summed E-state index contributed by atoms with van der Waals surface area (Å²) in [5.74, 6) is 1.76. The van der Waals surface area contributed by atoms with Gasteiger partial charge in [-0.1, -0.05) is 48.6 Å². The number of amides is 1. The largest absolute Gasteiger partial charge is 0.492 e. The summed E-state index contributed by atoms with van der Waals surface area (Å²) in [5.41, 5.74) is 2.04. The van der Waals surface area contributed by atoms with Gasteiger partial charge in [0.2, 0.25) is 0 Å². The van der Waals surface area contributed by atoms with E-state index < -0.39 is 0 Å². The van der Waals surface area contributed by atoms with E-state index in [2.05, 4.69) is 20.5 Å². The molecule has 5 rings (SSSR count). The maximum atomic E-state index is 13.2. The minimum atomic E-state index is -0.336. The van der Waals surface area contributed by atoms with E-state index in [-0.39, 0.29) is 5.91 Å². The fourth-order valence-electron chi connectivity index (χ4n) is 3.59. The van der Waals surface area contributed by atoms with Crippen LogP contribution in [0.25, 0.3) is 11.5 Å². The number of benzene rings is 2. The van der Waals surface area contributed by atoms with Crippen LogP contribution in [0.3, 0.4) is 0 Å². The molecule has 2 bridgehead atoms. The van der Waals surface area contributed by atoms with Crippen LogP contribution >= 0.6 is 0 Å². The van der Waals surface area contributed by atoms with E-state index >= 15 is 0 Å². The number of pyridine rings is 1. The average molecular weight is 454 g/mol. The molecule has 0 fully saturated rings. The number of fused-ring (bicyclic) bond motifs is 5. The molecule has 1 aliphatic heterocycles. The Morgan fingerprint density at radius 3 is 2.85 bits per heavy atom. The van der Waals surface area contributed by atoms with Crippen molar-refractivity contribution in [3.05, 3.63) is 96.3 Å². The Kier molecular flexibility index (Phi) is 6.29. The molecule has 0 aliphatic carbocycles. The molecule has 170 valence electrons. The van der Waals surface area contributed by atoms with Crippen LogP contribution in [0.15, 0.2) is 85.2 Å². The monoisotopic (exact) mass is 453 g/mol. The van der Waals surface area contributed by atoms with Gasteiger partial charge in [-0.3, -0.25) is 4.79 Å². The molecule has 0 unspecified atom stereocenters. The van der Waals surface area contributed by atoms with Crippen molar-refractivity contribution >= 4 is 11.7 Å². The number of carbonyl (C=O) groups is 1. The standard InChI is InChI=1S/C26H23N5O3/c32-26-21-16-20(34-17-19-8-3-1-4-9-19)12-13-23(21)33-15-6-2-5-14-31-18-27-30-25(31)22-10-7-11-24(28-22)29-26/h1-5,7-13,16,18H,6,14-15,17H2,(H,28,29,32)/b5-2-. The highest BCUT2D eigenvalue weighted by molar-refractivity contribution is 6.06. The molecule has 8 nitrogen and oxygen atoms in total. The minimum absolute atomic E-state index is 0.336. The third kappa shape index (κ3) is 4.96. The fourth-order valence-corrected chi connectivity index (χ4v) is 3.59. The SMILES string of the molecule is O=C1Nc2cccc(n2)-c2nncn2C/C=C\CCOc2ccc(OCc3ccccc3)cc21. The Labute approximate surface area is 196 Å². The lowest BCUT2D eigenvalue weighted by Crippen LogP contribution is -2.15. The highest BCUT2D eigenvalue weighted by Crippen LogP contribution is 2.27. The summed E-state index contributed by atoms with van der Waals surface area (Å²) in [7, 11) is 0. The quantitative estimate of drug-likeness (QED) is 0.459. The Hall–Kier alpha value is -4.46. The molecule has 3 heterocycles. The van der Waals surface area contributed by atoms with Crippen LogP contribution in [-0.4, -0.2) is 32.3 Å². The van der Waals surface area contributed by atoms with E-state index in [4.69, 9.17) is 9.47 Å². The molecular formula is C26H23N5O3. The Morgan fingerprint density at radius 1 is 1.03 bits per heavy atom. The Bertz CT molecular complexity index is 1320. The second kappa shape index (κ2) is 9.99. The van der Waals surface area contributed by atoms with Gasteiger partial charge < -0.3 is 19.4 Å². The van der Waals surface area contributed by atoms with Gasteiger partial charge in [0.05, 0.1) is 12.2 Å². The van der Waals surface area contributed by atoms with Crippen LogP contribution in [0.4, 0.5) is 5.82 Å². The predicted molar refractivity (Wildman–Crippen MR) is 128 cm³/mol. The molecule has 2 aromatic carbocycles. The zero-order chi connectivity index (χ0) is 23.2. The van der Waals surface area contributed by atoms with Gasteiger partial charge in [-0.15, -0.1) is 10.2 Å². The van der Waals surface area contributed by atoms with Gasteiger partial charge in [-0.25, -0.2) is 4.98 Å². The van der Waals surface area contributed by atoms with Gasteiger partial charge in [0, 0.05) is 6.54 Å². The summed E-state index contributed by atoms with van der Waals surface area (Å²) in [5, 5.41) is 11.1. The van der Waals surface area contributed by atoms with Gasteiger partial charge in [0.25, 0.3) is 5.91 Å². The summed E-state index contributed by atoms with van der Waals surface area (Å²) in [6.07, 6.45) is 6.42. The van der Waals surface area contributed by atoms with E-state index in [1.54, 1.807) is 24.5 Å². The lowest BCUT2D eigenvalue weighted by molar-refractivity contribution is 0.102. The van der Waals surface area contributed by atoms with Crippen molar-refractivity contribution in [3.8, 4) is 23.0 Å². The lowest BCUT2D eigenvalue weighted by atomic mass is 10.1. The summed E-state index contributed by atoms with van der Waals surface area (Å²) in [6.45, 7) is 1.44. The van der Waals surface area contributed by atoms with Crippen molar-refractivity contribution in [2.45, 2.75) is 19.6 Å². The van der Waals surface area contributed by atoms with Crippen LogP contribution in [0.1, 0.15) is 22.3 Å². The van der Waals surface area contributed by atoms with Crippen LogP contribution in [0.2, 0.25) is 0 Å². The molecule has 0 saturated heterocycles. The second-order valence-corrected chi connectivity index (χ2v) is 7.71.